The topological polar surface area (TPSA) is 132 Å². The van der Waals surface area contributed by atoms with Crippen molar-refractivity contribution in [3.63, 3.8) is 0 Å². The molecule has 3 aliphatic rings. The molecule has 6 rings (SSSR count). The van der Waals surface area contributed by atoms with Gasteiger partial charge in [0, 0.05) is 38.3 Å². The van der Waals surface area contributed by atoms with Gasteiger partial charge in [-0.2, -0.15) is 10.1 Å². The van der Waals surface area contributed by atoms with Crippen molar-refractivity contribution < 1.29 is 4.79 Å². The standard InChI is InChI=1S/C23H27N9O/c24-19-16-5-2-1-4-15(16)14-23(19)7-12-30(13-8-23)22-27-20(25)18(28-29-22)21(33)31-10-3-11-32-17(31)6-9-26-32/h1-2,4-6,9,19H,3,7-8,10-14,24H2,(H2,25,27,29)/t19-/m1/s1. The number of hydrogen-bond acceptors (Lipinski definition) is 8. The van der Waals surface area contributed by atoms with E-state index in [4.69, 9.17) is 11.5 Å². The summed E-state index contributed by atoms with van der Waals surface area (Å²) in [7, 11) is 0. The van der Waals surface area contributed by atoms with Crippen LogP contribution in [0.4, 0.5) is 17.6 Å². The normalized spacial score (nSPS) is 21.2. The molecule has 2 aliphatic heterocycles. The number of hydrogen-bond donors (Lipinski definition) is 2. The molecule has 0 saturated carbocycles. The molecule has 10 nitrogen and oxygen atoms in total. The zero-order chi connectivity index (χ0) is 22.6. The van der Waals surface area contributed by atoms with Gasteiger partial charge >= 0.3 is 0 Å². The maximum Gasteiger partial charge on any atom is 0.283 e. The van der Waals surface area contributed by atoms with Crippen molar-refractivity contribution in [3.8, 4) is 0 Å². The van der Waals surface area contributed by atoms with E-state index in [-0.39, 0.29) is 28.9 Å². The van der Waals surface area contributed by atoms with Gasteiger partial charge in [0.15, 0.2) is 11.5 Å². The third-order valence-corrected chi connectivity index (χ3v) is 7.51. The van der Waals surface area contributed by atoms with Gasteiger partial charge in [0.1, 0.15) is 5.82 Å². The lowest BCUT2D eigenvalue weighted by Crippen LogP contribution is -2.45. The zero-order valence-corrected chi connectivity index (χ0v) is 18.4. The second-order valence-corrected chi connectivity index (χ2v) is 9.27. The van der Waals surface area contributed by atoms with Crippen LogP contribution < -0.4 is 21.3 Å². The van der Waals surface area contributed by atoms with Crippen LogP contribution in [0.2, 0.25) is 0 Å². The molecule has 1 spiro atoms. The molecule has 0 radical (unpaired) electrons. The molecule has 1 aromatic carbocycles. The van der Waals surface area contributed by atoms with Crippen molar-refractivity contribution in [1.29, 1.82) is 0 Å². The van der Waals surface area contributed by atoms with Crippen LogP contribution in [0.1, 0.15) is 46.9 Å². The summed E-state index contributed by atoms with van der Waals surface area (Å²) in [5, 5.41) is 12.7. The van der Waals surface area contributed by atoms with Gasteiger partial charge in [-0.05, 0) is 42.2 Å². The fourth-order valence-corrected chi connectivity index (χ4v) is 5.63. The van der Waals surface area contributed by atoms with Crippen LogP contribution in [0, 0.1) is 5.41 Å². The number of benzene rings is 1. The number of aryl methyl sites for hydroxylation is 1. The molecule has 1 atom stereocenters. The SMILES string of the molecule is Nc1nc(N2CCC3(CC2)Cc2ccccc2[C@H]3N)nnc1C(=O)N1CCCn2nccc21. The molecule has 4 N–H and O–H groups in total. The van der Waals surface area contributed by atoms with E-state index >= 15 is 0 Å². The molecule has 4 heterocycles. The molecule has 1 saturated heterocycles. The molecule has 0 bridgehead atoms. The Kier molecular flexibility index (Phi) is 4.58. The molecule has 0 unspecified atom stereocenters. The lowest BCUT2D eigenvalue weighted by Gasteiger charge is -2.42. The van der Waals surface area contributed by atoms with E-state index in [2.05, 4.69) is 49.4 Å². The average Bonchev–Trinajstić information content (AvgIpc) is 3.42. The predicted molar refractivity (Wildman–Crippen MR) is 124 cm³/mol. The monoisotopic (exact) mass is 445 g/mol. The third-order valence-electron chi connectivity index (χ3n) is 7.51. The summed E-state index contributed by atoms with van der Waals surface area (Å²) in [4.78, 5) is 21.3. The minimum Gasteiger partial charge on any atom is -0.382 e. The highest BCUT2D eigenvalue weighted by Crippen LogP contribution is 2.50. The Bertz CT molecular complexity index is 1210. The van der Waals surface area contributed by atoms with Gasteiger partial charge in [-0.1, -0.05) is 24.3 Å². The molecule has 2 aromatic heterocycles. The maximum atomic E-state index is 13.1. The molecule has 1 amide bonds. The van der Waals surface area contributed by atoms with E-state index in [1.807, 2.05) is 10.7 Å². The fraction of sp³-hybridized carbons (Fsp3) is 0.435. The summed E-state index contributed by atoms with van der Waals surface area (Å²) in [6, 6.07) is 10.4. The van der Waals surface area contributed by atoms with E-state index in [9.17, 15) is 4.79 Å². The zero-order valence-electron chi connectivity index (χ0n) is 18.4. The van der Waals surface area contributed by atoms with E-state index in [0.29, 0.717) is 12.5 Å². The average molecular weight is 446 g/mol. The minimum atomic E-state index is -0.298. The Morgan fingerprint density at radius 2 is 1.88 bits per heavy atom. The van der Waals surface area contributed by atoms with Crippen molar-refractivity contribution in [2.75, 3.05) is 35.2 Å². The number of carbonyl (C=O) groups is 1. The minimum absolute atomic E-state index is 0.0536. The van der Waals surface area contributed by atoms with Gasteiger partial charge in [0.05, 0.1) is 6.20 Å². The Hall–Kier alpha value is -3.53. The summed E-state index contributed by atoms with van der Waals surface area (Å²) in [5.74, 6) is 1.01. The second-order valence-electron chi connectivity index (χ2n) is 9.27. The van der Waals surface area contributed by atoms with Crippen LogP contribution in [0.25, 0.3) is 0 Å². The number of fused-ring (bicyclic) bond motifs is 2. The highest BCUT2D eigenvalue weighted by atomic mass is 16.2. The van der Waals surface area contributed by atoms with Crippen molar-refractivity contribution >= 4 is 23.5 Å². The third kappa shape index (κ3) is 3.16. The molecule has 10 heteroatoms. The molecule has 1 aliphatic carbocycles. The lowest BCUT2D eigenvalue weighted by molar-refractivity contribution is 0.0976. The molecule has 33 heavy (non-hydrogen) atoms. The summed E-state index contributed by atoms with van der Waals surface area (Å²) < 4.78 is 1.81. The number of rotatable bonds is 2. The van der Waals surface area contributed by atoms with Crippen LogP contribution in [0.5, 0.6) is 0 Å². The van der Waals surface area contributed by atoms with Gasteiger partial charge in [-0.25, -0.2) is 4.68 Å². The molecule has 1 fully saturated rings. The number of nitrogens with zero attached hydrogens (tertiary/aromatic N) is 7. The van der Waals surface area contributed by atoms with E-state index in [1.54, 1.807) is 11.1 Å². The van der Waals surface area contributed by atoms with Crippen LogP contribution in [0.3, 0.4) is 0 Å². The van der Waals surface area contributed by atoms with E-state index in [0.717, 1.165) is 51.1 Å². The van der Waals surface area contributed by atoms with Crippen LogP contribution in [0.15, 0.2) is 36.5 Å². The van der Waals surface area contributed by atoms with Crippen molar-refractivity contribution in [2.45, 2.75) is 38.3 Å². The highest BCUT2D eigenvalue weighted by molar-refractivity contribution is 6.07. The lowest BCUT2D eigenvalue weighted by atomic mass is 9.73. The van der Waals surface area contributed by atoms with Gasteiger partial charge in [0.2, 0.25) is 5.95 Å². The number of amides is 1. The number of anilines is 3. The predicted octanol–water partition coefficient (Wildman–Crippen LogP) is 1.54. The molecular weight excluding hydrogens is 418 g/mol. The summed E-state index contributed by atoms with van der Waals surface area (Å²) in [6.45, 7) is 2.93. The number of piperidine rings is 1. The van der Waals surface area contributed by atoms with Crippen LogP contribution in [-0.2, 0) is 13.0 Å². The van der Waals surface area contributed by atoms with Gasteiger partial charge in [-0.3, -0.25) is 9.69 Å². The Morgan fingerprint density at radius 3 is 2.67 bits per heavy atom. The van der Waals surface area contributed by atoms with E-state index in [1.165, 1.54) is 11.1 Å². The van der Waals surface area contributed by atoms with Crippen molar-refractivity contribution in [3.05, 3.63) is 53.3 Å². The number of aromatic nitrogens is 5. The number of carbonyl (C=O) groups excluding carboxylic acids is 1. The van der Waals surface area contributed by atoms with Crippen molar-refractivity contribution in [1.82, 2.24) is 25.0 Å². The largest absolute Gasteiger partial charge is 0.382 e. The summed E-state index contributed by atoms with van der Waals surface area (Å²) in [5.41, 5.74) is 15.7. The first-order valence-corrected chi connectivity index (χ1v) is 11.5. The number of nitrogen functional groups attached to an aromatic ring is 1. The van der Waals surface area contributed by atoms with E-state index < -0.39 is 0 Å². The van der Waals surface area contributed by atoms with Gasteiger partial charge in [-0.15, -0.1) is 10.2 Å². The molecule has 170 valence electrons. The first-order chi connectivity index (χ1) is 16.1. The summed E-state index contributed by atoms with van der Waals surface area (Å²) in [6.07, 6.45) is 5.42. The Labute approximate surface area is 191 Å². The number of nitrogens with two attached hydrogens (primary N) is 2. The quantitative estimate of drug-likeness (QED) is 0.607. The molecular formula is C23H27N9O. The highest BCUT2D eigenvalue weighted by Gasteiger charge is 2.46. The maximum absolute atomic E-state index is 13.1. The van der Waals surface area contributed by atoms with Crippen LogP contribution >= 0.6 is 0 Å². The molecule has 3 aromatic rings. The van der Waals surface area contributed by atoms with Crippen LogP contribution in [-0.4, -0.2) is 50.5 Å². The van der Waals surface area contributed by atoms with Gasteiger partial charge < -0.3 is 16.4 Å². The first-order valence-electron chi connectivity index (χ1n) is 11.5. The van der Waals surface area contributed by atoms with Crippen molar-refractivity contribution in [2.24, 2.45) is 11.1 Å². The first kappa shape index (κ1) is 20.1. The smallest absolute Gasteiger partial charge is 0.283 e. The second kappa shape index (κ2) is 7.51. The Morgan fingerprint density at radius 1 is 1.06 bits per heavy atom. The Balaban J connectivity index is 1.18. The summed E-state index contributed by atoms with van der Waals surface area (Å²) >= 11 is 0. The van der Waals surface area contributed by atoms with Gasteiger partial charge in [0.25, 0.3) is 5.91 Å². The fourth-order valence-electron chi connectivity index (χ4n) is 5.63.